The Labute approximate surface area is 114 Å². The van der Waals surface area contributed by atoms with Gasteiger partial charge in [0.1, 0.15) is 0 Å². The average Bonchev–Trinajstić information content (AvgIpc) is 2.24. The highest BCUT2D eigenvalue weighted by Gasteiger charge is 2.19. The van der Waals surface area contributed by atoms with Crippen molar-refractivity contribution in [2.45, 2.75) is 26.8 Å². The number of rotatable bonds is 5. The second-order valence-corrected chi connectivity index (χ2v) is 5.05. The normalized spacial score (nSPS) is 12.8. The zero-order valence-corrected chi connectivity index (χ0v) is 12.5. The van der Waals surface area contributed by atoms with Crippen molar-refractivity contribution < 1.29 is 0 Å². The zero-order valence-electron chi connectivity index (χ0n) is 11.7. The molecule has 18 heavy (non-hydrogen) atoms. The number of aryl methyl sites for hydroxylation is 1. The third-order valence-corrected chi connectivity index (χ3v) is 3.03. The minimum absolute atomic E-state index is 0.243. The molecular weight excluding hydrogens is 250 g/mol. The highest BCUT2D eigenvalue weighted by Crippen LogP contribution is 2.26. The molecular formula is C12H22ClN5. The van der Waals surface area contributed by atoms with Crippen LogP contribution >= 0.6 is 11.6 Å². The van der Waals surface area contributed by atoms with E-state index in [0.29, 0.717) is 11.7 Å². The van der Waals surface area contributed by atoms with Gasteiger partial charge in [0.2, 0.25) is 5.28 Å². The van der Waals surface area contributed by atoms with Crippen LogP contribution in [0.3, 0.4) is 0 Å². The lowest BCUT2D eigenvalue weighted by molar-refractivity contribution is 0.372. The summed E-state index contributed by atoms with van der Waals surface area (Å²) < 4.78 is 0. The summed E-state index contributed by atoms with van der Waals surface area (Å²) in [5.74, 6) is 0.726. The minimum atomic E-state index is 0.243. The standard InChI is InChI=1S/C12H22ClN5/c1-6-18(8(2)7-17(4)5)11-10(14)9(3)15-12(13)16-11/h8H,6-7,14H2,1-5H3. The second kappa shape index (κ2) is 6.20. The average molecular weight is 272 g/mol. The molecule has 2 N–H and O–H groups in total. The molecule has 0 fully saturated rings. The summed E-state index contributed by atoms with van der Waals surface area (Å²) in [6.45, 7) is 7.82. The molecule has 102 valence electrons. The van der Waals surface area contributed by atoms with E-state index >= 15 is 0 Å². The molecule has 0 bridgehead atoms. The number of aromatic nitrogens is 2. The van der Waals surface area contributed by atoms with Gasteiger partial charge >= 0.3 is 0 Å². The Morgan fingerprint density at radius 1 is 1.33 bits per heavy atom. The lowest BCUT2D eigenvalue weighted by atomic mass is 10.2. The fourth-order valence-corrected chi connectivity index (χ4v) is 2.26. The molecule has 0 amide bonds. The van der Waals surface area contributed by atoms with Crippen LogP contribution in [0.1, 0.15) is 19.5 Å². The maximum absolute atomic E-state index is 6.06. The number of nitrogen functional groups attached to an aromatic ring is 1. The molecule has 0 aliphatic rings. The molecule has 0 aliphatic heterocycles. The van der Waals surface area contributed by atoms with Gasteiger partial charge in [0.25, 0.3) is 0 Å². The van der Waals surface area contributed by atoms with Crippen LogP contribution in [0.15, 0.2) is 0 Å². The Morgan fingerprint density at radius 2 is 1.94 bits per heavy atom. The van der Waals surface area contributed by atoms with Crippen molar-refractivity contribution in [2.24, 2.45) is 0 Å². The summed E-state index contributed by atoms with van der Waals surface area (Å²) in [5.41, 5.74) is 7.38. The number of likely N-dealkylation sites (N-methyl/N-ethyl adjacent to an activating group) is 2. The Morgan fingerprint density at radius 3 is 2.44 bits per heavy atom. The van der Waals surface area contributed by atoms with Gasteiger partial charge in [0.15, 0.2) is 5.82 Å². The monoisotopic (exact) mass is 271 g/mol. The first kappa shape index (κ1) is 15.0. The van der Waals surface area contributed by atoms with Gasteiger partial charge < -0.3 is 15.5 Å². The molecule has 0 aliphatic carbocycles. The predicted molar refractivity (Wildman–Crippen MR) is 77.2 cm³/mol. The van der Waals surface area contributed by atoms with Gasteiger partial charge in [0, 0.05) is 19.1 Å². The van der Waals surface area contributed by atoms with E-state index in [2.05, 4.69) is 33.6 Å². The maximum Gasteiger partial charge on any atom is 0.224 e. The van der Waals surface area contributed by atoms with Gasteiger partial charge in [-0.1, -0.05) is 0 Å². The molecule has 5 nitrogen and oxygen atoms in total. The number of hydrogen-bond acceptors (Lipinski definition) is 5. The van der Waals surface area contributed by atoms with Crippen molar-refractivity contribution in [1.29, 1.82) is 0 Å². The highest BCUT2D eigenvalue weighted by molar-refractivity contribution is 6.28. The largest absolute Gasteiger partial charge is 0.394 e. The number of nitrogens with two attached hydrogens (primary N) is 1. The molecule has 1 rings (SSSR count). The van der Waals surface area contributed by atoms with E-state index in [-0.39, 0.29) is 5.28 Å². The topological polar surface area (TPSA) is 58.3 Å². The molecule has 1 unspecified atom stereocenters. The van der Waals surface area contributed by atoms with Gasteiger partial charge in [-0.15, -0.1) is 0 Å². The molecule has 1 aromatic rings. The summed E-state index contributed by atoms with van der Waals surface area (Å²) in [7, 11) is 4.10. The van der Waals surface area contributed by atoms with E-state index in [9.17, 15) is 0 Å². The first-order valence-corrected chi connectivity index (χ1v) is 6.45. The van der Waals surface area contributed by atoms with Gasteiger partial charge in [-0.25, -0.2) is 4.98 Å². The van der Waals surface area contributed by atoms with E-state index in [1.54, 1.807) is 0 Å². The molecule has 6 heteroatoms. The minimum Gasteiger partial charge on any atom is -0.394 e. The third-order valence-electron chi connectivity index (χ3n) is 2.86. The van der Waals surface area contributed by atoms with Crippen molar-refractivity contribution in [3.63, 3.8) is 0 Å². The smallest absolute Gasteiger partial charge is 0.224 e. The summed E-state index contributed by atoms with van der Waals surface area (Å²) in [6.07, 6.45) is 0. The molecule has 0 saturated carbocycles. The summed E-state index contributed by atoms with van der Waals surface area (Å²) >= 11 is 5.92. The van der Waals surface area contributed by atoms with E-state index < -0.39 is 0 Å². The lowest BCUT2D eigenvalue weighted by Crippen LogP contribution is -2.41. The van der Waals surface area contributed by atoms with Crippen LogP contribution in [0.5, 0.6) is 0 Å². The van der Waals surface area contributed by atoms with Gasteiger partial charge in [-0.05, 0) is 46.5 Å². The van der Waals surface area contributed by atoms with Gasteiger partial charge in [0.05, 0.1) is 11.4 Å². The Kier molecular flexibility index (Phi) is 5.16. The van der Waals surface area contributed by atoms with Crippen LogP contribution in [0.2, 0.25) is 5.28 Å². The fourth-order valence-electron chi connectivity index (χ4n) is 2.05. The van der Waals surface area contributed by atoms with E-state index in [4.69, 9.17) is 17.3 Å². The number of nitrogens with zero attached hydrogens (tertiary/aromatic N) is 4. The van der Waals surface area contributed by atoms with Crippen molar-refractivity contribution in [2.75, 3.05) is 37.8 Å². The van der Waals surface area contributed by atoms with Crippen LogP contribution in [0.25, 0.3) is 0 Å². The first-order valence-electron chi connectivity index (χ1n) is 6.07. The highest BCUT2D eigenvalue weighted by atomic mass is 35.5. The van der Waals surface area contributed by atoms with Crippen molar-refractivity contribution in [3.05, 3.63) is 11.0 Å². The zero-order chi connectivity index (χ0) is 13.9. The SMILES string of the molecule is CCN(c1nc(Cl)nc(C)c1N)C(C)CN(C)C. The molecule has 0 radical (unpaired) electrons. The van der Waals surface area contributed by atoms with Crippen LogP contribution in [0.4, 0.5) is 11.5 Å². The van der Waals surface area contributed by atoms with Crippen LogP contribution in [-0.4, -0.2) is 48.1 Å². The fraction of sp³-hybridized carbons (Fsp3) is 0.667. The Bertz CT molecular complexity index is 408. The van der Waals surface area contributed by atoms with E-state index in [1.807, 2.05) is 21.0 Å². The molecule has 0 saturated heterocycles. The van der Waals surface area contributed by atoms with Crippen LogP contribution in [0, 0.1) is 6.92 Å². The Hall–Kier alpha value is -1.07. The van der Waals surface area contributed by atoms with Crippen LogP contribution in [-0.2, 0) is 0 Å². The van der Waals surface area contributed by atoms with Crippen molar-refractivity contribution in [1.82, 2.24) is 14.9 Å². The van der Waals surface area contributed by atoms with Crippen molar-refractivity contribution in [3.8, 4) is 0 Å². The summed E-state index contributed by atoms with van der Waals surface area (Å²) in [5, 5.41) is 0.243. The lowest BCUT2D eigenvalue weighted by Gasteiger charge is -2.32. The molecule has 0 spiro atoms. The quantitative estimate of drug-likeness (QED) is 0.828. The molecule has 1 atom stereocenters. The predicted octanol–water partition coefficient (Wildman–Crippen LogP) is 1.80. The second-order valence-electron chi connectivity index (χ2n) is 4.71. The van der Waals surface area contributed by atoms with Gasteiger partial charge in [-0.3, -0.25) is 0 Å². The Balaban J connectivity index is 3.08. The van der Waals surface area contributed by atoms with Crippen LogP contribution < -0.4 is 10.6 Å². The van der Waals surface area contributed by atoms with E-state index in [0.717, 1.165) is 24.6 Å². The van der Waals surface area contributed by atoms with E-state index in [1.165, 1.54) is 0 Å². The summed E-state index contributed by atoms with van der Waals surface area (Å²) in [6, 6.07) is 0.303. The molecule has 0 aromatic carbocycles. The van der Waals surface area contributed by atoms with Crippen molar-refractivity contribution >= 4 is 23.1 Å². The number of anilines is 2. The third kappa shape index (κ3) is 3.46. The molecule has 1 aromatic heterocycles. The first-order chi connectivity index (χ1) is 8.36. The van der Waals surface area contributed by atoms with Gasteiger partial charge in [-0.2, -0.15) is 4.98 Å². The maximum atomic E-state index is 6.06. The number of halogens is 1. The molecule has 1 heterocycles. The summed E-state index contributed by atoms with van der Waals surface area (Å²) in [4.78, 5) is 12.6. The number of hydrogen-bond donors (Lipinski definition) is 1.